The highest BCUT2D eigenvalue weighted by molar-refractivity contribution is 7.90. The summed E-state index contributed by atoms with van der Waals surface area (Å²) < 4.78 is 24.0. The van der Waals surface area contributed by atoms with Gasteiger partial charge in [-0.15, -0.1) is 0 Å². The first-order valence-corrected chi connectivity index (χ1v) is 14.5. The molecule has 1 saturated heterocycles. The van der Waals surface area contributed by atoms with E-state index in [1.54, 1.807) is 25.3 Å². The van der Waals surface area contributed by atoms with Crippen molar-refractivity contribution < 1.29 is 18.3 Å². The van der Waals surface area contributed by atoms with Crippen molar-refractivity contribution in [2.24, 2.45) is 5.41 Å². The number of carbonyl (C=O) groups is 1. The maximum absolute atomic E-state index is 12.7. The third-order valence-electron chi connectivity index (χ3n) is 7.12. The van der Waals surface area contributed by atoms with Crippen LogP contribution in [0.2, 0.25) is 0 Å². The van der Waals surface area contributed by atoms with Crippen molar-refractivity contribution in [2.75, 3.05) is 24.2 Å². The number of amides is 1. The number of fused-ring (bicyclic) bond motifs is 1. The van der Waals surface area contributed by atoms with E-state index in [0.717, 1.165) is 23.2 Å². The van der Waals surface area contributed by atoms with Crippen molar-refractivity contribution in [2.45, 2.75) is 38.3 Å². The quantitative estimate of drug-likeness (QED) is 0.377. The summed E-state index contributed by atoms with van der Waals surface area (Å²) in [6.07, 6.45) is 2.42. The van der Waals surface area contributed by atoms with Crippen molar-refractivity contribution in [3.8, 4) is 11.4 Å². The third-order valence-corrected chi connectivity index (χ3v) is 8.36. The zero-order chi connectivity index (χ0) is 27.9. The lowest BCUT2D eigenvalue weighted by molar-refractivity contribution is 0.0949. The molecule has 202 valence electrons. The first-order valence-electron chi connectivity index (χ1n) is 12.7. The zero-order valence-corrected chi connectivity index (χ0v) is 23.2. The number of rotatable bonds is 6. The fourth-order valence-corrected chi connectivity index (χ4v) is 5.74. The second-order valence-corrected chi connectivity index (χ2v) is 12.8. The highest BCUT2D eigenvalue weighted by atomic mass is 32.2. The van der Waals surface area contributed by atoms with Crippen LogP contribution in [0.4, 0.5) is 5.82 Å². The number of hydrogen-bond acceptors (Lipinski definition) is 8. The third kappa shape index (κ3) is 5.62. The van der Waals surface area contributed by atoms with Gasteiger partial charge in [0.15, 0.2) is 9.84 Å². The van der Waals surface area contributed by atoms with Crippen LogP contribution in [0.5, 0.6) is 0 Å². The van der Waals surface area contributed by atoms with Gasteiger partial charge in [0.1, 0.15) is 5.82 Å². The van der Waals surface area contributed by atoms with Gasteiger partial charge in [-0.3, -0.25) is 9.78 Å². The van der Waals surface area contributed by atoms with Gasteiger partial charge < -0.3 is 15.3 Å². The summed E-state index contributed by atoms with van der Waals surface area (Å²) in [4.78, 5) is 29.0. The number of anilines is 1. The van der Waals surface area contributed by atoms with E-state index >= 15 is 0 Å². The molecule has 9 nitrogen and oxygen atoms in total. The molecular formula is C29H31N5O4S. The van der Waals surface area contributed by atoms with Gasteiger partial charge in [-0.25, -0.2) is 18.4 Å². The summed E-state index contributed by atoms with van der Waals surface area (Å²) in [6.45, 7) is 7.20. The Kier molecular flexibility index (Phi) is 6.86. The van der Waals surface area contributed by atoms with E-state index in [1.165, 1.54) is 6.07 Å². The summed E-state index contributed by atoms with van der Waals surface area (Å²) >= 11 is 0. The molecule has 0 aliphatic carbocycles. The number of pyridine rings is 3. The predicted molar refractivity (Wildman–Crippen MR) is 150 cm³/mol. The maximum Gasteiger partial charge on any atom is 0.251 e. The van der Waals surface area contributed by atoms with E-state index in [9.17, 15) is 18.3 Å². The standard InChI is InChI=1S/C29H31N5O4S/c1-18-8-9-19(12-25(18)39(4,37)38)28(36)31-15-21-13-24-20(14-30-21)10-11-23(32-24)22-6-5-7-27(33-22)34-16-26(35)29(2,3)17-34/h5-14,26,35H,15-17H2,1-4H3,(H,31,36)/t26-/m0/s1. The summed E-state index contributed by atoms with van der Waals surface area (Å²) in [5.74, 6) is 0.409. The lowest BCUT2D eigenvalue weighted by Crippen LogP contribution is -2.26. The van der Waals surface area contributed by atoms with E-state index in [2.05, 4.69) is 15.2 Å². The fraction of sp³-hybridized carbons (Fsp3) is 0.310. The molecular weight excluding hydrogens is 514 g/mol. The van der Waals surface area contributed by atoms with Crippen LogP contribution in [-0.4, -0.2) is 59.8 Å². The number of aliphatic hydroxyl groups is 1. The summed E-state index contributed by atoms with van der Waals surface area (Å²) in [6, 6.07) is 16.1. The first-order chi connectivity index (χ1) is 18.4. The number of aliphatic hydroxyl groups excluding tert-OH is 1. The minimum Gasteiger partial charge on any atom is -0.391 e. The number of sulfone groups is 1. The lowest BCUT2D eigenvalue weighted by atomic mass is 9.90. The van der Waals surface area contributed by atoms with Crippen molar-refractivity contribution in [3.63, 3.8) is 0 Å². The molecule has 0 saturated carbocycles. The van der Waals surface area contributed by atoms with Crippen molar-refractivity contribution >= 4 is 32.5 Å². The molecule has 1 fully saturated rings. The van der Waals surface area contributed by atoms with Crippen LogP contribution < -0.4 is 10.2 Å². The van der Waals surface area contributed by atoms with Gasteiger partial charge in [0.25, 0.3) is 5.91 Å². The van der Waals surface area contributed by atoms with Gasteiger partial charge in [0.2, 0.25) is 0 Å². The highest BCUT2D eigenvalue weighted by Gasteiger charge is 2.38. The molecule has 3 aromatic heterocycles. The van der Waals surface area contributed by atoms with Gasteiger partial charge in [0.05, 0.1) is 40.1 Å². The lowest BCUT2D eigenvalue weighted by Gasteiger charge is -2.21. The molecule has 2 N–H and O–H groups in total. The number of aryl methyl sites for hydroxylation is 1. The molecule has 4 heterocycles. The Balaban J connectivity index is 1.34. The molecule has 39 heavy (non-hydrogen) atoms. The van der Waals surface area contributed by atoms with Gasteiger partial charge >= 0.3 is 0 Å². The fourth-order valence-electron chi connectivity index (χ4n) is 4.75. The SMILES string of the molecule is Cc1ccc(C(=O)NCc2cc3nc(-c4cccc(N5C[C@H](O)C(C)(C)C5)n4)ccc3cn2)cc1S(C)(=O)=O. The number of β-amino-alcohol motifs (C(OH)–C–C–N with tert-alkyl or cyclic N) is 1. The first kappa shape index (κ1) is 26.7. The van der Waals surface area contributed by atoms with Crippen LogP contribution in [0, 0.1) is 12.3 Å². The van der Waals surface area contributed by atoms with Crippen LogP contribution in [0.1, 0.15) is 35.5 Å². The molecule has 4 aromatic rings. The Morgan fingerprint density at radius 1 is 1.10 bits per heavy atom. The number of carbonyl (C=O) groups excluding carboxylic acids is 1. The van der Waals surface area contributed by atoms with Crippen molar-refractivity contribution in [3.05, 3.63) is 77.6 Å². The van der Waals surface area contributed by atoms with Crippen molar-refractivity contribution in [1.29, 1.82) is 0 Å². The van der Waals surface area contributed by atoms with E-state index in [4.69, 9.17) is 9.97 Å². The molecule has 10 heteroatoms. The number of aromatic nitrogens is 3. The van der Waals surface area contributed by atoms with Gasteiger partial charge in [-0.1, -0.05) is 26.0 Å². The normalized spacial score (nSPS) is 16.9. The minimum absolute atomic E-state index is 0.137. The predicted octanol–water partition coefficient (Wildman–Crippen LogP) is 3.54. The highest BCUT2D eigenvalue weighted by Crippen LogP contribution is 2.33. The molecule has 5 rings (SSSR count). The Bertz CT molecular complexity index is 1690. The monoisotopic (exact) mass is 545 g/mol. The van der Waals surface area contributed by atoms with Crippen LogP contribution in [0.15, 0.2) is 65.7 Å². The second-order valence-electron chi connectivity index (χ2n) is 10.8. The van der Waals surface area contributed by atoms with Gasteiger partial charge in [0, 0.05) is 41.9 Å². The minimum atomic E-state index is -3.44. The smallest absolute Gasteiger partial charge is 0.251 e. The van der Waals surface area contributed by atoms with Gasteiger partial charge in [-0.2, -0.15) is 0 Å². The molecule has 1 aliphatic heterocycles. The number of nitrogens with zero attached hydrogens (tertiary/aromatic N) is 4. The second kappa shape index (κ2) is 10.0. The Morgan fingerprint density at radius 2 is 1.87 bits per heavy atom. The average molecular weight is 546 g/mol. The number of benzene rings is 1. The van der Waals surface area contributed by atoms with E-state index in [1.807, 2.05) is 50.2 Å². The maximum atomic E-state index is 12.7. The molecule has 0 spiro atoms. The molecule has 0 radical (unpaired) electrons. The number of nitrogens with one attached hydrogen (secondary N) is 1. The van der Waals surface area contributed by atoms with Gasteiger partial charge in [-0.05, 0) is 55.0 Å². The van der Waals surface area contributed by atoms with E-state index in [0.29, 0.717) is 35.6 Å². The van der Waals surface area contributed by atoms with Crippen LogP contribution in [0.25, 0.3) is 22.3 Å². The van der Waals surface area contributed by atoms with Crippen LogP contribution in [-0.2, 0) is 16.4 Å². The topological polar surface area (TPSA) is 125 Å². The number of hydrogen-bond donors (Lipinski definition) is 2. The largest absolute Gasteiger partial charge is 0.391 e. The summed E-state index contributed by atoms with van der Waals surface area (Å²) in [5.41, 5.74) is 3.42. The molecule has 1 atom stereocenters. The molecule has 1 aliphatic rings. The van der Waals surface area contributed by atoms with E-state index in [-0.39, 0.29) is 28.3 Å². The van der Waals surface area contributed by atoms with Crippen LogP contribution >= 0.6 is 0 Å². The Morgan fingerprint density at radius 3 is 2.59 bits per heavy atom. The summed E-state index contributed by atoms with van der Waals surface area (Å²) in [7, 11) is -3.44. The molecule has 1 amide bonds. The van der Waals surface area contributed by atoms with Crippen LogP contribution in [0.3, 0.4) is 0 Å². The van der Waals surface area contributed by atoms with Crippen molar-refractivity contribution in [1.82, 2.24) is 20.3 Å². The molecule has 0 unspecified atom stereocenters. The Hall–Kier alpha value is -3.89. The average Bonchev–Trinajstić information content (AvgIpc) is 3.18. The Labute approximate surface area is 227 Å². The molecule has 0 bridgehead atoms. The zero-order valence-electron chi connectivity index (χ0n) is 22.3. The summed E-state index contributed by atoms with van der Waals surface area (Å²) in [5, 5.41) is 14.0. The molecule has 1 aromatic carbocycles. The van der Waals surface area contributed by atoms with E-state index < -0.39 is 15.9 Å².